The van der Waals surface area contributed by atoms with Crippen molar-refractivity contribution < 1.29 is 28.2 Å². The molecule has 0 radical (unpaired) electrons. The molecular weight excluding hydrogens is 474 g/mol. The second-order valence-corrected chi connectivity index (χ2v) is 9.47. The van der Waals surface area contributed by atoms with Gasteiger partial charge in [0.25, 0.3) is 5.92 Å². The maximum absolute atomic E-state index is 14.4. The lowest BCUT2D eigenvalue weighted by Gasteiger charge is -2.38. The molecule has 0 saturated carbocycles. The molecule has 2 amide bonds. The number of carbonyl (C=O) groups excluding carboxylic acids is 2. The maximum Gasteiger partial charge on any atom is 0.418 e. The molecule has 3 atom stereocenters. The molecule has 1 aromatic heterocycles. The third-order valence-corrected chi connectivity index (χ3v) is 6.29. The summed E-state index contributed by atoms with van der Waals surface area (Å²) in [5, 5.41) is 15.9. The number of aromatic nitrogens is 2. The number of alkyl halides is 2. The van der Waals surface area contributed by atoms with Crippen molar-refractivity contribution in [2.75, 3.05) is 29.9 Å². The average molecular weight is 505 g/mol. The quantitative estimate of drug-likeness (QED) is 0.527. The number of piperidine rings is 1. The van der Waals surface area contributed by atoms with E-state index in [0.29, 0.717) is 13.1 Å². The number of halogens is 2. The highest BCUT2D eigenvalue weighted by molar-refractivity contribution is 5.89. The first-order valence-electron chi connectivity index (χ1n) is 11.7. The van der Waals surface area contributed by atoms with Gasteiger partial charge in [0.15, 0.2) is 5.72 Å². The van der Waals surface area contributed by atoms with Gasteiger partial charge in [0.05, 0.1) is 18.6 Å². The average Bonchev–Trinajstić information content (AvgIpc) is 3.08. The SMILES string of the molecule is CC(=O)NC1CCN(Cc2ccc([C@H](C)Nc3nccc(N4C(=O)OC[C@]4(C)O)n3)cc2)CC1(F)F. The van der Waals surface area contributed by atoms with Gasteiger partial charge in [-0.15, -0.1) is 0 Å². The summed E-state index contributed by atoms with van der Waals surface area (Å²) in [6, 6.07) is 7.76. The molecule has 4 rings (SSSR count). The standard InChI is InChI=1S/C24H30F2N6O4/c1-15(28-21-27-10-8-20(30-21)32-22(34)36-14-23(32,3)35)18-6-4-17(5-7-18)12-31-11-9-19(29-16(2)33)24(25,26)13-31/h4-8,10,15,19,35H,9,11-14H2,1-3H3,(H,29,33)(H,27,28,30)/t15-,19?,23-/m0/s1. The Morgan fingerprint density at radius 1 is 1.31 bits per heavy atom. The van der Waals surface area contributed by atoms with Gasteiger partial charge in [0, 0.05) is 26.2 Å². The van der Waals surface area contributed by atoms with E-state index in [0.717, 1.165) is 16.0 Å². The normalized spacial score (nSPS) is 24.8. The first kappa shape index (κ1) is 25.7. The van der Waals surface area contributed by atoms with Crippen LogP contribution in [0.2, 0.25) is 0 Å². The highest BCUT2D eigenvalue weighted by atomic mass is 19.3. The zero-order chi connectivity index (χ0) is 26.1. The van der Waals surface area contributed by atoms with E-state index in [9.17, 15) is 23.5 Å². The zero-order valence-corrected chi connectivity index (χ0v) is 20.4. The summed E-state index contributed by atoms with van der Waals surface area (Å²) >= 11 is 0. The lowest BCUT2D eigenvalue weighted by Crippen LogP contribution is -2.57. The number of likely N-dealkylation sites (tertiary alicyclic amines) is 1. The summed E-state index contributed by atoms with van der Waals surface area (Å²) in [4.78, 5) is 34.5. The zero-order valence-electron chi connectivity index (χ0n) is 20.4. The molecule has 0 bridgehead atoms. The van der Waals surface area contributed by atoms with Crippen molar-refractivity contribution in [3.05, 3.63) is 47.7 Å². The Kier molecular flexibility index (Phi) is 7.10. The summed E-state index contributed by atoms with van der Waals surface area (Å²) < 4.78 is 33.8. The van der Waals surface area contributed by atoms with Gasteiger partial charge in [-0.3, -0.25) is 9.69 Å². The monoisotopic (exact) mass is 504 g/mol. The van der Waals surface area contributed by atoms with Crippen LogP contribution in [0.5, 0.6) is 0 Å². The molecule has 1 aromatic carbocycles. The smallest absolute Gasteiger partial charge is 0.418 e. The predicted octanol–water partition coefficient (Wildman–Crippen LogP) is 2.66. The van der Waals surface area contributed by atoms with Gasteiger partial charge < -0.3 is 20.5 Å². The van der Waals surface area contributed by atoms with Crippen LogP contribution < -0.4 is 15.5 Å². The van der Waals surface area contributed by atoms with Gasteiger partial charge >= 0.3 is 6.09 Å². The number of anilines is 2. The van der Waals surface area contributed by atoms with E-state index in [1.165, 1.54) is 26.1 Å². The second kappa shape index (κ2) is 9.94. The van der Waals surface area contributed by atoms with E-state index < -0.39 is 36.2 Å². The molecule has 12 heteroatoms. The van der Waals surface area contributed by atoms with E-state index in [2.05, 4.69) is 20.6 Å². The fraction of sp³-hybridized carbons (Fsp3) is 0.500. The molecule has 0 aliphatic carbocycles. The van der Waals surface area contributed by atoms with Crippen LogP contribution in [-0.4, -0.2) is 69.4 Å². The number of nitrogens with one attached hydrogen (secondary N) is 2. The molecule has 2 aliphatic rings. The first-order valence-corrected chi connectivity index (χ1v) is 11.7. The third kappa shape index (κ3) is 5.71. The van der Waals surface area contributed by atoms with Crippen LogP contribution in [0.25, 0.3) is 0 Å². The molecule has 0 spiro atoms. The number of nitrogens with zero attached hydrogens (tertiary/aromatic N) is 4. The van der Waals surface area contributed by atoms with Crippen molar-refractivity contribution in [2.24, 2.45) is 0 Å². The number of hydrogen-bond acceptors (Lipinski definition) is 8. The van der Waals surface area contributed by atoms with Crippen LogP contribution >= 0.6 is 0 Å². The number of aliphatic hydroxyl groups is 1. The van der Waals surface area contributed by atoms with Crippen molar-refractivity contribution in [3.8, 4) is 0 Å². The van der Waals surface area contributed by atoms with Crippen molar-refractivity contribution in [1.82, 2.24) is 20.2 Å². The lowest BCUT2D eigenvalue weighted by atomic mass is 9.99. The van der Waals surface area contributed by atoms with Crippen molar-refractivity contribution >= 4 is 23.8 Å². The Morgan fingerprint density at radius 3 is 2.64 bits per heavy atom. The highest BCUT2D eigenvalue weighted by Gasteiger charge is 2.45. The van der Waals surface area contributed by atoms with Crippen LogP contribution in [0.3, 0.4) is 0 Å². The minimum absolute atomic E-state index is 0.160. The topological polar surface area (TPSA) is 120 Å². The van der Waals surface area contributed by atoms with Gasteiger partial charge in [-0.05, 0) is 37.5 Å². The number of amides is 2. The Balaban J connectivity index is 1.36. The molecular formula is C24H30F2N6O4. The van der Waals surface area contributed by atoms with E-state index in [1.807, 2.05) is 31.2 Å². The summed E-state index contributed by atoms with van der Waals surface area (Å²) in [6.07, 6.45) is 0.980. The molecule has 3 N–H and O–H groups in total. The van der Waals surface area contributed by atoms with E-state index >= 15 is 0 Å². The maximum atomic E-state index is 14.4. The van der Waals surface area contributed by atoms with Crippen LogP contribution in [0, 0.1) is 0 Å². The lowest BCUT2D eigenvalue weighted by molar-refractivity contribution is -0.129. The first-order chi connectivity index (χ1) is 16.9. The minimum atomic E-state index is -2.99. The van der Waals surface area contributed by atoms with Crippen LogP contribution in [-0.2, 0) is 16.1 Å². The molecule has 1 unspecified atom stereocenters. The number of ether oxygens (including phenoxy) is 1. The van der Waals surface area contributed by atoms with Crippen LogP contribution in [0.4, 0.5) is 25.3 Å². The number of rotatable bonds is 7. The van der Waals surface area contributed by atoms with Crippen molar-refractivity contribution in [1.29, 1.82) is 0 Å². The molecule has 2 aromatic rings. The molecule has 3 heterocycles. The van der Waals surface area contributed by atoms with Gasteiger partial charge in [0.2, 0.25) is 11.9 Å². The van der Waals surface area contributed by atoms with E-state index in [4.69, 9.17) is 4.74 Å². The Labute approximate surface area is 207 Å². The predicted molar refractivity (Wildman–Crippen MR) is 127 cm³/mol. The second-order valence-electron chi connectivity index (χ2n) is 9.47. The van der Waals surface area contributed by atoms with Crippen LogP contribution in [0.15, 0.2) is 36.5 Å². The summed E-state index contributed by atoms with van der Waals surface area (Å²) in [6.45, 7) is 4.89. The number of benzene rings is 1. The third-order valence-electron chi connectivity index (χ3n) is 6.29. The Morgan fingerprint density at radius 2 is 2.03 bits per heavy atom. The molecule has 2 aliphatic heterocycles. The van der Waals surface area contributed by atoms with Gasteiger partial charge in [-0.2, -0.15) is 4.98 Å². The van der Waals surface area contributed by atoms with Gasteiger partial charge in [-0.25, -0.2) is 23.5 Å². The fourth-order valence-corrected chi connectivity index (χ4v) is 4.42. The largest absolute Gasteiger partial charge is 0.444 e. The molecule has 10 nitrogen and oxygen atoms in total. The summed E-state index contributed by atoms with van der Waals surface area (Å²) in [7, 11) is 0. The van der Waals surface area contributed by atoms with Crippen LogP contribution in [0.1, 0.15) is 44.4 Å². The number of hydrogen-bond donors (Lipinski definition) is 3. The molecule has 2 saturated heterocycles. The van der Waals surface area contributed by atoms with E-state index in [-0.39, 0.29) is 30.8 Å². The highest BCUT2D eigenvalue weighted by Crippen LogP contribution is 2.30. The minimum Gasteiger partial charge on any atom is -0.444 e. The van der Waals surface area contributed by atoms with Gasteiger partial charge in [0.1, 0.15) is 12.4 Å². The Bertz CT molecular complexity index is 1110. The van der Waals surface area contributed by atoms with Crippen molar-refractivity contribution in [3.63, 3.8) is 0 Å². The number of cyclic esters (lactones) is 1. The molecule has 36 heavy (non-hydrogen) atoms. The molecule has 194 valence electrons. The van der Waals surface area contributed by atoms with E-state index in [1.54, 1.807) is 4.90 Å². The van der Waals surface area contributed by atoms with Crippen molar-refractivity contribution in [2.45, 2.75) is 57.5 Å². The number of carbonyl (C=O) groups is 2. The summed E-state index contributed by atoms with van der Waals surface area (Å²) in [5.74, 6) is -2.96. The van der Waals surface area contributed by atoms with Gasteiger partial charge in [-0.1, -0.05) is 24.3 Å². The fourth-order valence-electron chi connectivity index (χ4n) is 4.42. The molecule has 2 fully saturated rings. The Hall–Kier alpha value is -3.38. The summed E-state index contributed by atoms with van der Waals surface area (Å²) in [5.41, 5.74) is 0.315.